The van der Waals surface area contributed by atoms with Crippen LogP contribution < -0.4 is 10.6 Å². The Morgan fingerprint density at radius 2 is 1.43 bits per heavy atom. The van der Waals surface area contributed by atoms with Crippen LogP contribution in [0, 0.1) is 5.82 Å². The van der Waals surface area contributed by atoms with Crippen LogP contribution in [0.2, 0.25) is 0 Å². The number of carbonyl (C=O) groups excluding carboxylic acids is 3. The minimum absolute atomic E-state index is 0.00327. The summed E-state index contributed by atoms with van der Waals surface area (Å²) < 4.78 is 13.2. The predicted molar refractivity (Wildman–Crippen MR) is 115 cm³/mol. The van der Waals surface area contributed by atoms with Gasteiger partial charge in [-0.15, -0.1) is 0 Å². The summed E-state index contributed by atoms with van der Waals surface area (Å²) in [7, 11) is 1.64. The van der Waals surface area contributed by atoms with E-state index in [-0.39, 0.29) is 30.8 Å². The van der Waals surface area contributed by atoms with E-state index in [1.807, 2.05) is 13.8 Å². The van der Waals surface area contributed by atoms with Crippen molar-refractivity contribution in [3.05, 3.63) is 59.9 Å². The molecule has 2 aromatic rings. The lowest BCUT2D eigenvalue weighted by Gasteiger charge is -2.19. The average Bonchev–Trinajstić information content (AvgIpc) is 2.69. The lowest BCUT2D eigenvalue weighted by Crippen LogP contribution is -2.36. The van der Waals surface area contributed by atoms with Crippen molar-refractivity contribution in [3.8, 4) is 0 Å². The van der Waals surface area contributed by atoms with Crippen molar-refractivity contribution >= 4 is 29.1 Å². The zero-order valence-electron chi connectivity index (χ0n) is 17.4. The van der Waals surface area contributed by atoms with Gasteiger partial charge in [-0.25, -0.2) is 4.39 Å². The van der Waals surface area contributed by atoms with Crippen LogP contribution in [0.4, 0.5) is 15.8 Å². The van der Waals surface area contributed by atoms with Gasteiger partial charge in [0.25, 0.3) is 5.91 Å². The van der Waals surface area contributed by atoms with Crippen LogP contribution in [0.5, 0.6) is 0 Å². The molecule has 2 rings (SSSR count). The molecule has 0 saturated carbocycles. The molecule has 0 aromatic heterocycles. The molecule has 0 spiro atoms. The molecule has 30 heavy (non-hydrogen) atoms. The summed E-state index contributed by atoms with van der Waals surface area (Å²) >= 11 is 0. The van der Waals surface area contributed by atoms with E-state index >= 15 is 0 Å². The van der Waals surface area contributed by atoms with Gasteiger partial charge < -0.3 is 15.5 Å². The molecule has 160 valence electrons. The number of anilines is 2. The first kappa shape index (κ1) is 23.0. The average molecular weight is 414 g/mol. The minimum Gasteiger partial charge on any atom is -0.339 e. The van der Waals surface area contributed by atoms with Crippen molar-refractivity contribution in [2.45, 2.75) is 13.8 Å². The molecule has 2 N–H and O–H groups in total. The van der Waals surface area contributed by atoms with Crippen LogP contribution in [-0.4, -0.2) is 60.7 Å². The van der Waals surface area contributed by atoms with E-state index < -0.39 is 5.82 Å². The number of benzene rings is 2. The Morgan fingerprint density at radius 3 is 1.97 bits per heavy atom. The standard InChI is InChI=1S/C22H27FN4O3/c1-4-27(5-2)22(30)16-9-11-18(12-10-16)24-20(28)14-26(3)15-21(29)25-19-8-6-7-17(23)13-19/h6-13H,4-5,14-15H2,1-3H3,(H,24,28)(H,25,29). The smallest absolute Gasteiger partial charge is 0.253 e. The number of halogens is 1. The number of amides is 3. The quantitative estimate of drug-likeness (QED) is 0.661. The normalized spacial score (nSPS) is 10.6. The fourth-order valence-corrected chi connectivity index (χ4v) is 2.90. The third-order valence-electron chi connectivity index (χ3n) is 4.40. The lowest BCUT2D eigenvalue weighted by molar-refractivity contribution is -0.119. The topological polar surface area (TPSA) is 81.8 Å². The number of hydrogen-bond acceptors (Lipinski definition) is 4. The third kappa shape index (κ3) is 6.97. The highest BCUT2D eigenvalue weighted by molar-refractivity contribution is 5.96. The highest BCUT2D eigenvalue weighted by Crippen LogP contribution is 2.12. The van der Waals surface area contributed by atoms with Gasteiger partial charge in [0, 0.05) is 30.0 Å². The molecule has 0 unspecified atom stereocenters. The monoisotopic (exact) mass is 414 g/mol. The van der Waals surface area contributed by atoms with Gasteiger partial charge in [0.15, 0.2) is 0 Å². The summed E-state index contributed by atoms with van der Waals surface area (Å²) in [5, 5.41) is 5.32. The number of nitrogens with zero attached hydrogens (tertiary/aromatic N) is 2. The van der Waals surface area contributed by atoms with Crippen molar-refractivity contribution in [1.29, 1.82) is 0 Å². The Balaban J connectivity index is 1.83. The summed E-state index contributed by atoms with van der Waals surface area (Å²) in [6.07, 6.45) is 0. The first-order valence-electron chi connectivity index (χ1n) is 9.75. The number of likely N-dealkylation sites (N-methyl/N-ethyl adjacent to an activating group) is 1. The van der Waals surface area contributed by atoms with Gasteiger partial charge in [-0.2, -0.15) is 0 Å². The number of rotatable bonds is 9. The van der Waals surface area contributed by atoms with Crippen LogP contribution in [0.3, 0.4) is 0 Å². The third-order valence-corrected chi connectivity index (χ3v) is 4.40. The Hall–Kier alpha value is -3.26. The van der Waals surface area contributed by atoms with Crippen molar-refractivity contribution in [1.82, 2.24) is 9.80 Å². The second-order valence-electron chi connectivity index (χ2n) is 6.83. The lowest BCUT2D eigenvalue weighted by atomic mass is 10.1. The van der Waals surface area contributed by atoms with E-state index in [1.54, 1.807) is 47.2 Å². The summed E-state index contributed by atoms with van der Waals surface area (Å²) in [6, 6.07) is 12.3. The number of carbonyl (C=O) groups is 3. The maximum atomic E-state index is 13.2. The van der Waals surface area contributed by atoms with Crippen LogP contribution in [0.1, 0.15) is 24.2 Å². The summed E-state index contributed by atoms with van der Waals surface area (Å²) in [4.78, 5) is 39.8. The van der Waals surface area contributed by atoms with Crippen LogP contribution in [-0.2, 0) is 9.59 Å². The first-order valence-corrected chi connectivity index (χ1v) is 9.75. The summed E-state index contributed by atoms with van der Waals surface area (Å²) in [6.45, 7) is 5.08. The Kier molecular flexibility index (Phi) is 8.49. The molecule has 0 fully saturated rings. The van der Waals surface area contributed by atoms with Crippen molar-refractivity contribution in [2.24, 2.45) is 0 Å². The van der Waals surface area contributed by atoms with Crippen LogP contribution >= 0.6 is 0 Å². The second kappa shape index (κ2) is 11.1. The zero-order valence-corrected chi connectivity index (χ0v) is 17.4. The van der Waals surface area contributed by atoms with Crippen molar-refractivity contribution in [2.75, 3.05) is 43.9 Å². The Labute approximate surface area is 175 Å². The zero-order chi connectivity index (χ0) is 22.1. The molecule has 0 aliphatic rings. The van der Waals surface area contributed by atoms with Gasteiger partial charge in [-0.3, -0.25) is 19.3 Å². The molecule has 8 heteroatoms. The molecular weight excluding hydrogens is 387 g/mol. The first-order chi connectivity index (χ1) is 14.3. The predicted octanol–water partition coefficient (Wildman–Crippen LogP) is 2.82. The molecule has 0 bridgehead atoms. The molecule has 0 saturated heterocycles. The molecule has 3 amide bonds. The maximum Gasteiger partial charge on any atom is 0.253 e. The van der Waals surface area contributed by atoms with E-state index in [9.17, 15) is 18.8 Å². The second-order valence-corrected chi connectivity index (χ2v) is 6.83. The van der Waals surface area contributed by atoms with Crippen molar-refractivity contribution < 1.29 is 18.8 Å². The molecule has 0 heterocycles. The van der Waals surface area contributed by atoms with E-state index in [0.717, 1.165) is 0 Å². The maximum absolute atomic E-state index is 13.2. The van der Waals surface area contributed by atoms with E-state index in [0.29, 0.717) is 30.0 Å². The number of nitrogens with one attached hydrogen (secondary N) is 2. The molecule has 0 atom stereocenters. The molecule has 0 aliphatic heterocycles. The summed E-state index contributed by atoms with van der Waals surface area (Å²) in [5.41, 5.74) is 1.48. The van der Waals surface area contributed by atoms with Gasteiger partial charge in [-0.1, -0.05) is 6.07 Å². The van der Waals surface area contributed by atoms with Crippen LogP contribution in [0.25, 0.3) is 0 Å². The van der Waals surface area contributed by atoms with Gasteiger partial charge in [-0.05, 0) is 63.4 Å². The largest absolute Gasteiger partial charge is 0.339 e. The molecular formula is C22H27FN4O3. The fraction of sp³-hybridized carbons (Fsp3) is 0.318. The highest BCUT2D eigenvalue weighted by atomic mass is 19.1. The van der Waals surface area contributed by atoms with Gasteiger partial charge in [0.05, 0.1) is 13.1 Å². The molecule has 0 radical (unpaired) electrons. The molecule has 2 aromatic carbocycles. The fourth-order valence-electron chi connectivity index (χ4n) is 2.90. The van der Waals surface area contributed by atoms with E-state index in [4.69, 9.17) is 0 Å². The van der Waals surface area contributed by atoms with E-state index in [1.165, 1.54) is 18.2 Å². The van der Waals surface area contributed by atoms with Gasteiger partial charge >= 0.3 is 0 Å². The van der Waals surface area contributed by atoms with Crippen LogP contribution in [0.15, 0.2) is 48.5 Å². The summed E-state index contributed by atoms with van der Waals surface area (Å²) in [5.74, 6) is -1.14. The minimum atomic E-state index is -0.439. The van der Waals surface area contributed by atoms with E-state index in [2.05, 4.69) is 10.6 Å². The highest BCUT2D eigenvalue weighted by Gasteiger charge is 2.14. The van der Waals surface area contributed by atoms with Gasteiger partial charge in [0.1, 0.15) is 5.82 Å². The van der Waals surface area contributed by atoms with Crippen molar-refractivity contribution in [3.63, 3.8) is 0 Å². The van der Waals surface area contributed by atoms with Gasteiger partial charge in [0.2, 0.25) is 11.8 Å². The number of hydrogen-bond donors (Lipinski definition) is 2. The Bertz CT molecular complexity index is 882. The SMILES string of the molecule is CCN(CC)C(=O)c1ccc(NC(=O)CN(C)CC(=O)Nc2cccc(F)c2)cc1. The Morgan fingerprint density at radius 1 is 0.867 bits per heavy atom. The molecule has 7 nitrogen and oxygen atoms in total. The molecule has 0 aliphatic carbocycles.